The molecule has 19 heavy (non-hydrogen) atoms. The molecule has 2 fully saturated rings. The highest BCUT2D eigenvalue weighted by atomic mass is 19.1. The molecule has 1 saturated heterocycles. The third-order valence-electron chi connectivity index (χ3n) is 3.36. The molecule has 6 heteroatoms. The number of carbonyl (C=O) groups is 2. The summed E-state index contributed by atoms with van der Waals surface area (Å²) in [6.45, 7) is 0.496. The lowest BCUT2D eigenvalue weighted by Crippen LogP contribution is -2.34. The Hall–Kier alpha value is -1.98. The van der Waals surface area contributed by atoms with Crippen LogP contribution in [0.3, 0.4) is 0 Å². The Morgan fingerprint density at radius 1 is 1.21 bits per heavy atom. The molecule has 100 valence electrons. The summed E-state index contributed by atoms with van der Waals surface area (Å²) in [6, 6.07) is 2.28. The smallest absolute Gasteiger partial charge is 0.314 e. The Morgan fingerprint density at radius 3 is 2.58 bits per heavy atom. The zero-order valence-electron chi connectivity index (χ0n) is 10.1. The van der Waals surface area contributed by atoms with Crippen LogP contribution in [0.5, 0.6) is 0 Å². The average molecular weight is 266 g/mol. The molecule has 4 nitrogen and oxygen atoms in total. The Kier molecular flexibility index (Phi) is 2.73. The molecule has 1 saturated carbocycles. The van der Waals surface area contributed by atoms with Gasteiger partial charge in [-0.1, -0.05) is 0 Å². The van der Waals surface area contributed by atoms with Crippen molar-refractivity contribution in [3.63, 3.8) is 0 Å². The topological polar surface area (TPSA) is 40.6 Å². The van der Waals surface area contributed by atoms with Crippen LogP contribution in [0.1, 0.15) is 12.8 Å². The lowest BCUT2D eigenvalue weighted by Gasteiger charge is -2.17. The van der Waals surface area contributed by atoms with Crippen molar-refractivity contribution in [1.29, 1.82) is 0 Å². The van der Waals surface area contributed by atoms with Gasteiger partial charge in [-0.15, -0.1) is 0 Å². The first-order chi connectivity index (χ1) is 9.06. The Balaban J connectivity index is 1.86. The van der Waals surface area contributed by atoms with Gasteiger partial charge >= 0.3 is 6.03 Å². The van der Waals surface area contributed by atoms with Gasteiger partial charge in [0.15, 0.2) is 0 Å². The molecule has 2 aliphatic rings. The lowest BCUT2D eigenvalue weighted by molar-refractivity contribution is -0.116. The van der Waals surface area contributed by atoms with E-state index in [9.17, 15) is 18.4 Å². The van der Waals surface area contributed by atoms with Crippen molar-refractivity contribution in [3.8, 4) is 0 Å². The van der Waals surface area contributed by atoms with E-state index in [1.54, 1.807) is 0 Å². The summed E-state index contributed by atoms with van der Waals surface area (Å²) in [6.07, 6.45) is 2.12. The van der Waals surface area contributed by atoms with Crippen LogP contribution in [0.2, 0.25) is 0 Å². The third-order valence-corrected chi connectivity index (χ3v) is 3.36. The number of imide groups is 1. The molecule has 1 aromatic rings. The van der Waals surface area contributed by atoms with E-state index in [1.165, 1.54) is 4.90 Å². The van der Waals surface area contributed by atoms with Gasteiger partial charge in [-0.25, -0.2) is 18.5 Å². The van der Waals surface area contributed by atoms with Crippen molar-refractivity contribution in [2.75, 3.05) is 18.0 Å². The van der Waals surface area contributed by atoms with Crippen LogP contribution in [0.25, 0.3) is 0 Å². The number of carbonyl (C=O) groups excluding carboxylic acids is 2. The first kappa shape index (κ1) is 12.1. The van der Waals surface area contributed by atoms with Gasteiger partial charge in [0.1, 0.15) is 18.2 Å². The number of hydrogen-bond acceptors (Lipinski definition) is 2. The van der Waals surface area contributed by atoms with Crippen LogP contribution in [-0.4, -0.2) is 29.9 Å². The molecular weight excluding hydrogens is 254 g/mol. The van der Waals surface area contributed by atoms with E-state index in [-0.39, 0.29) is 12.2 Å². The third kappa shape index (κ3) is 2.18. The summed E-state index contributed by atoms with van der Waals surface area (Å²) in [5.74, 6) is -1.67. The Morgan fingerprint density at radius 2 is 1.95 bits per heavy atom. The van der Waals surface area contributed by atoms with Crippen molar-refractivity contribution in [3.05, 3.63) is 29.8 Å². The maximum absolute atomic E-state index is 13.6. The Bertz CT molecular complexity index is 558. The van der Waals surface area contributed by atoms with Crippen molar-refractivity contribution >= 4 is 17.6 Å². The molecular formula is C13H12F2N2O2. The van der Waals surface area contributed by atoms with Crippen molar-refractivity contribution in [2.24, 2.45) is 5.92 Å². The summed E-state index contributed by atoms with van der Waals surface area (Å²) in [5.41, 5.74) is -0.185. The largest absolute Gasteiger partial charge is 0.331 e. The number of halogens is 2. The Labute approximate surface area is 108 Å². The maximum atomic E-state index is 13.6. The molecule has 0 spiro atoms. The fraction of sp³-hybridized carbons (Fsp3) is 0.385. The van der Waals surface area contributed by atoms with Gasteiger partial charge in [-0.05, 0) is 30.9 Å². The standard InChI is InChI=1S/C13H12F2N2O2/c14-9-3-4-11(10(15)5-9)17-12(18)7-16(13(17)19)6-8-1-2-8/h3-5,8H,1-2,6-7H2. The molecule has 0 unspecified atom stereocenters. The van der Waals surface area contributed by atoms with E-state index in [0.717, 1.165) is 29.9 Å². The van der Waals surface area contributed by atoms with Crippen molar-refractivity contribution in [2.45, 2.75) is 12.8 Å². The van der Waals surface area contributed by atoms with Gasteiger partial charge in [0.25, 0.3) is 5.91 Å². The predicted octanol–water partition coefficient (Wildman–Crippen LogP) is 2.14. The minimum absolute atomic E-state index is 0.0356. The zero-order valence-corrected chi connectivity index (χ0v) is 10.1. The van der Waals surface area contributed by atoms with Gasteiger partial charge in [0.05, 0.1) is 5.69 Å². The van der Waals surface area contributed by atoms with Crippen LogP contribution in [-0.2, 0) is 4.79 Å². The summed E-state index contributed by atoms with van der Waals surface area (Å²) >= 11 is 0. The fourth-order valence-corrected chi connectivity index (χ4v) is 2.20. The highest BCUT2D eigenvalue weighted by Crippen LogP contribution is 2.32. The van der Waals surface area contributed by atoms with Gasteiger partial charge in [-0.3, -0.25) is 4.79 Å². The van der Waals surface area contributed by atoms with Gasteiger partial charge < -0.3 is 4.90 Å². The summed E-state index contributed by atoms with van der Waals surface area (Å²) in [4.78, 5) is 26.1. The van der Waals surface area contributed by atoms with Crippen molar-refractivity contribution in [1.82, 2.24) is 4.90 Å². The second kappa shape index (κ2) is 4.29. The number of benzene rings is 1. The summed E-state index contributed by atoms with van der Waals surface area (Å²) < 4.78 is 26.5. The van der Waals surface area contributed by atoms with E-state index in [4.69, 9.17) is 0 Å². The monoisotopic (exact) mass is 266 g/mol. The molecule has 1 aliphatic carbocycles. The lowest BCUT2D eigenvalue weighted by atomic mass is 10.2. The molecule has 0 N–H and O–H groups in total. The molecule has 0 aromatic heterocycles. The maximum Gasteiger partial charge on any atom is 0.331 e. The van der Waals surface area contributed by atoms with Gasteiger partial charge in [0.2, 0.25) is 0 Å². The van der Waals surface area contributed by atoms with Crippen LogP contribution in [0.15, 0.2) is 18.2 Å². The first-order valence-electron chi connectivity index (χ1n) is 6.13. The molecule has 1 heterocycles. The summed E-state index contributed by atoms with van der Waals surface area (Å²) in [7, 11) is 0. The molecule has 1 aromatic carbocycles. The number of amides is 3. The second-order valence-electron chi connectivity index (χ2n) is 4.93. The SMILES string of the molecule is O=C1CN(CC2CC2)C(=O)N1c1ccc(F)cc1F. The minimum Gasteiger partial charge on any atom is -0.314 e. The quantitative estimate of drug-likeness (QED) is 0.786. The number of rotatable bonds is 3. The van der Waals surface area contributed by atoms with E-state index in [2.05, 4.69) is 0 Å². The normalized spacial score (nSPS) is 19.5. The minimum atomic E-state index is -0.907. The highest BCUT2D eigenvalue weighted by Gasteiger charge is 2.40. The molecule has 0 radical (unpaired) electrons. The molecule has 0 bridgehead atoms. The molecule has 0 atom stereocenters. The molecule has 3 amide bonds. The first-order valence-corrected chi connectivity index (χ1v) is 6.13. The van der Waals surface area contributed by atoms with Crippen LogP contribution in [0.4, 0.5) is 19.3 Å². The van der Waals surface area contributed by atoms with E-state index >= 15 is 0 Å². The van der Waals surface area contributed by atoms with E-state index < -0.39 is 23.6 Å². The van der Waals surface area contributed by atoms with Gasteiger partial charge in [-0.2, -0.15) is 0 Å². The molecule has 1 aliphatic heterocycles. The van der Waals surface area contributed by atoms with Crippen LogP contribution < -0.4 is 4.90 Å². The zero-order chi connectivity index (χ0) is 13.6. The van der Waals surface area contributed by atoms with E-state index in [1.807, 2.05) is 0 Å². The fourth-order valence-electron chi connectivity index (χ4n) is 2.20. The number of nitrogens with zero attached hydrogens (tertiary/aromatic N) is 2. The second-order valence-corrected chi connectivity index (χ2v) is 4.93. The van der Waals surface area contributed by atoms with Crippen molar-refractivity contribution < 1.29 is 18.4 Å². The van der Waals surface area contributed by atoms with Gasteiger partial charge in [0, 0.05) is 12.6 Å². The molecule has 3 rings (SSSR count). The number of hydrogen-bond donors (Lipinski definition) is 0. The number of urea groups is 1. The predicted molar refractivity (Wildman–Crippen MR) is 63.5 cm³/mol. The highest BCUT2D eigenvalue weighted by molar-refractivity contribution is 6.19. The van der Waals surface area contributed by atoms with Crippen LogP contribution >= 0.6 is 0 Å². The summed E-state index contributed by atoms with van der Waals surface area (Å²) in [5, 5.41) is 0. The average Bonchev–Trinajstić information content (AvgIpc) is 3.10. The van der Waals surface area contributed by atoms with E-state index in [0.29, 0.717) is 18.5 Å². The van der Waals surface area contributed by atoms with Crippen LogP contribution in [0, 0.1) is 17.6 Å². The number of anilines is 1.